The van der Waals surface area contributed by atoms with E-state index in [0.717, 1.165) is 48.2 Å². The molecule has 5 nitrogen and oxygen atoms in total. The van der Waals surface area contributed by atoms with E-state index in [0.29, 0.717) is 11.1 Å². The predicted octanol–water partition coefficient (Wildman–Crippen LogP) is 3.74. The molecule has 1 aliphatic heterocycles. The lowest BCUT2D eigenvalue weighted by Gasteiger charge is -2.36. The summed E-state index contributed by atoms with van der Waals surface area (Å²) >= 11 is 6.12. The van der Waals surface area contributed by atoms with Crippen molar-refractivity contribution in [3.8, 4) is 0 Å². The molecule has 0 bridgehead atoms. The van der Waals surface area contributed by atoms with Gasteiger partial charge in [0.1, 0.15) is 0 Å². The van der Waals surface area contributed by atoms with Crippen LogP contribution in [0.4, 0.5) is 0 Å². The van der Waals surface area contributed by atoms with Gasteiger partial charge in [-0.2, -0.15) is 5.10 Å². The van der Waals surface area contributed by atoms with Gasteiger partial charge in [0, 0.05) is 23.0 Å². The molecule has 1 unspecified atom stereocenters. The summed E-state index contributed by atoms with van der Waals surface area (Å²) in [6.07, 6.45) is 4.10. The predicted molar refractivity (Wildman–Crippen MR) is 111 cm³/mol. The number of benzene rings is 2. The van der Waals surface area contributed by atoms with Gasteiger partial charge in [-0.3, -0.25) is 9.59 Å². The Morgan fingerprint density at radius 2 is 1.96 bits per heavy atom. The Labute approximate surface area is 168 Å². The lowest BCUT2D eigenvalue weighted by atomic mass is 9.95. The minimum atomic E-state index is -0.233. The van der Waals surface area contributed by atoms with E-state index in [4.69, 9.17) is 11.6 Å². The average molecular weight is 396 g/mol. The summed E-state index contributed by atoms with van der Waals surface area (Å²) in [5.41, 5.74) is 1.53. The molecule has 4 rings (SSSR count). The number of carbonyl (C=O) groups excluding carboxylic acids is 1. The summed E-state index contributed by atoms with van der Waals surface area (Å²) in [5.74, 6) is 0.0523. The number of aromatic amines is 1. The van der Waals surface area contributed by atoms with E-state index in [-0.39, 0.29) is 23.9 Å². The molecule has 6 heteroatoms. The highest BCUT2D eigenvalue weighted by Crippen LogP contribution is 2.23. The molecular formula is C22H22ClN3O2. The van der Waals surface area contributed by atoms with Crippen LogP contribution in [0.1, 0.15) is 30.5 Å². The van der Waals surface area contributed by atoms with Gasteiger partial charge in [-0.05, 0) is 49.4 Å². The first-order valence-corrected chi connectivity index (χ1v) is 10.00. The summed E-state index contributed by atoms with van der Waals surface area (Å²) < 4.78 is 0. The maximum Gasteiger partial charge on any atom is 0.272 e. The second kappa shape index (κ2) is 8.15. The van der Waals surface area contributed by atoms with Gasteiger partial charge in [0.05, 0.1) is 17.5 Å². The van der Waals surface area contributed by atoms with Gasteiger partial charge in [-0.25, -0.2) is 5.10 Å². The van der Waals surface area contributed by atoms with E-state index < -0.39 is 0 Å². The quantitative estimate of drug-likeness (QED) is 0.731. The van der Waals surface area contributed by atoms with Crippen molar-refractivity contribution in [2.45, 2.75) is 38.1 Å². The number of halogens is 1. The molecule has 28 heavy (non-hydrogen) atoms. The summed E-state index contributed by atoms with van der Waals surface area (Å²) in [6.45, 7) is 0.755. The fraction of sp³-hybridized carbons (Fsp3) is 0.318. The molecule has 1 N–H and O–H groups in total. The number of likely N-dealkylation sites (tertiary alicyclic amines) is 1. The first-order valence-electron chi connectivity index (χ1n) is 9.62. The van der Waals surface area contributed by atoms with Crippen LogP contribution < -0.4 is 5.56 Å². The Hall–Kier alpha value is -2.66. The molecule has 144 valence electrons. The van der Waals surface area contributed by atoms with Crippen LogP contribution >= 0.6 is 11.6 Å². The van der Waals surface area contributed by atoms with Gasteiger partial charge < -0.3 is 4.90 Å². The number of nitrogens with zero attached hydrogens (tertiary/aromatic N) is 2. The second-order valence-corrected chi connectivity index (χ2v) is 7.73. The van der Waals surface area contributed by atoms with Gasteiger partial charge in [-0.15, -0.1) is 0 Å². The van der Waals surface area contributed by atoms with Gasteiger partial charge in [0.2, 0.25) is 5.91 Å². The monoisotopic (exact) mass is 395 g/mol. The lowest BCUT2D eigenvalue weighted by molar-refractivity contribution is -0.134. The summed E-state index contributed by atoms with van der Waals surface area (Å²) in [5, 5.41) is 8.70. The van der Waals surface area contributed by atoms with E-state index in [9.17, 15) is 9.59 Å². The molecule has 1 aliphatic rings. The third-order valence-corrected chi connectivity index (χ3v) is 5.64. The van der Waals surface area contributed by atoms with E-state index in [1.807, 2.05) is 41.3 Å². The summed E-state index contributed by atoms with van der Waals surface area (Å²) in [4.78, 5) is 27.1. The molecule has 1 saturated heterocycles. The van der Waals surface area contributed by atoms with Crippen LogP contribution in [0.3, 0.4) is 0 Å². The minimum Gasteiger partial charge on any atom is -0.339 e. The maximum atomic E-state index is 13.1. The van der Waals surface area contributed by atoms with Crippen LogP contribution in [-0.4, -0.2) is 33.6 Å². The van der Waals surface area contributed by atoms with Crippen LogP contribution in [0.2, 0.25) is 5.02 Å². The van der Waals surface area contributed by atoms with Crippen molar-refractivity contribution in [2.75, 3.05) is 6.54 Å². The molecule has 2 heterocycles. The average Bonchev–Trinajstić information content (AvgIpc) is 2.71. The Balaban J connectivity index is 1.56. The van der Waals surface area contributed by atoms with Crippen molar-refractivity contribution < 1.29 is 4.79 Å². The number of rotatable bonds is 4. The third kappa shape index (κ3) is 3.94. The summed E-state index contributed by atoms with van der Waals surface area (Å²) in [7, 11) is 0. The number of hydrogen-bond acceptors (Lipinski definition) is 3. The minimum absolute atomic E-state index is 0.0523. The zero-order valence-electron chi connectivity index (χ0n) is 15.5. The van der Waals surface area contributed by atoms with Crippen molar-refractivity contribution in [1.29, 1.82) is 0 Å². The zero-order chi connectivity index (χ0) is 19.5. The number of H-pyrrole nitrogens is 1. The summed E-state index contributed by atoms with van der Waals surface area (Å²) in [6, 6.07) is 15.3. The first kappa shape index (κ1) is 18.7. The number of amides is 1. The highest BCUT2D eigenvalue weighted by Gasteiger charge is 2.27. The standard InChI is InChI=1S/C22H22ClN3O2/c23-16-7-5-6-15(12-16)13-17-8-3-4-11-26(17)21(27)14-20-18-9-1-2-10-19(18)22(28)25-24-20/h1-2,5-7,9-10,12,17H,3-4,8,11,13-14H2,(H,25,28). The number of aromatic nitrogens is 2. The van der Waals surface area contributed by atoms with Crippen molar-refractivity contribution >= 4 is 28.3 Å². The van der Waals surface area contributed by atoms with Crippen LogP contribution in [0, 0.1) is 0 Å². The lowest BCUT2D eigenvalue weighted by Crippen LogP contribution is -2.45. The van der Waals surface area contributed by atoms with E-state index in [2.05, 4.69) is 16.3 Å². The Morgan fingerprint density at radius 1 is 1.14 bits per heavy atom. The molecule has 1 aromatic heterocycles. The van der Waals surface area contributed by atoms with Crippen molar-refractivity contribution in [3.63, 3.8) is 0 Å². The molecule has 1 fully saturated rings. The molecule has 0 radical (unpaired) electrons. The van der Waals surface area contributed by atoms with Crippen LogP contribution in [0.25, 0.3) is 10.8 Å². The number of piperidine rings is 1. The van der Waals surface area contributed by atoms with Crippen molar-refractivity contribution in [3.05, 3.63) is 75.2 Å². The van der Waals surface area contributed by atoms with Crippen LogP contribution in [-0.2, 0) is 17.6 Å². The molecule has 3 aromatic rings. The van der Waals surface area contributed by atoms with Crippen molar-refractivity contribution in [2.24, 2.45) is 0 Å². The molecule has 0 aliphatic carbocycles. The molecule has 0 saturated carbocycles. The molecule has 0 spiro atoms. The largest absolute Gasteiger partial charge is 0.339 e. The number of nitrogens with one attached hydrogen (secondary N) is 1. The second-order valence-electron chi connectivity index (χ2n) is 7.29. The van der Waals surface area contributed by atoms with Crippen LogP contribution in [0.5, 0.6) is 0 Å². The fourth-order valence-electron chi connectivity index (χ4n) is 4.03. The SMILES string of the molecule is O=C(Cc1n[nH]c(=O)c2ccccc12)N1CCCCC1Cc1cccc(Cl)c1. The Morgan fingerprint density at radius 3 is 2.79 bits per heavy atom. The highest BCUT2D eigenvalue weighted by molar-refractivity contribution is 6.30. The topological polar surface area (TPSA) is 66.1 Å². The molecule has 2 aromatic carbocycles. The zero-order valence-corrected chi connectivity index (χ0v) is 16.3. The van der Waals surface area contributed by atoms with E-state index in [1.165, 1.54) is 0 Å². The van der Waals surface area contributed by atoms with Gasteiger partial charge in [-0.1, -0.05) is 41.9 Å². The fourth-order valence-corrected chi connectivity index (χ4v) is 4.24. The van der Waals surface area contributed by atoms with E-state index in [1.54, 1.807) is 6.07 Å². The van der Waals surface area contributed by atoms with E-state index >= 15 is 0 Å². The molecule has 1 amide bonds. The van der Waals surface area contributed by atoms with Gasteiger partial charge in [0.25, 0.3) is 5.56 Å². The van der Waals surface area contributed by atoms with Crippen molar-refractivity contribution in [1.82, 2.24) is 15.1 Å². The molecular weight excluding hydrogens is 374 g/mol. The molecule has 1 atom stereocenters. The smallest absolute Gasteiger partial charge is 0.272 e. The maximum absolute atomic E-state index is 13.1. The Kier molecular flexibility index (Phi) is 5.44. The third-order valence-electron chi connectivity index (χ3n) is 5.40. The number of fused-ring (bicyclic) bond motifs is 1. The highest BCUT2D eigenvalue weighted by atomic mass is 35.5. The normalized spacial score (nSPS) is 17.0. The van der Waals surface area contributed by atoms with Crippen LogP contribution in [0.15, 0.2) is 53.3 Å². The van der Waals surface area contributed by atoms with Gasteiger partial charge >= 0.3 is 0 Å². The number of carbonyl (C=O) groups is 1. The first-order chi connectivity index (χ1) is 13.6. The Bertz CT molecular complexity index is 1060. The van der Waals surface area contributed by atoms with Gasteiger partial charge in [0.15, 0.2) is 0 Å². The number of hydrogen-bond donors (Lipinski definition) is 1.